The molecule has 88 valence electrons. The van der Waals surface area contributed by atoms with Gasteiger partial charge in [0.15, 0.2) is 0 Å². The number of hydrogen-bond donors (Lipinski definition) is 0. The van der Waals surface area contributed by atoms with Crippen LogP contribution in [0.15, 0.2) is 0 Å². The van der Waals surface area contributed by atoms with E-state index in [0.717, 1.165) is 31.7 Å². The molecule has 1 atom stereocenters. The zero-order chi connectivity index (χ0) is 11.5. The van der Waals surface area contributed by atoms with Crippen molar-refractivity contribution in [3.63, 3.8) is 0 Å². The lowest BCUT2D eigenvalue weighted by Gasteiger charge is -2.24. The average molecular weight is 294 g/mol. The molecule has 0 aliphatic carbocycles. The summed E-state index contributed by atoms with van der Waals surface area (Å²) in [5, 5.41) is 0. The third-order valence-corrected chi connectivity index (χ3v) is 5.19. The third-order valence-electron chi connectivity index (χ3n) is 2.78. The van der Waals surface area contributed by atoms with Crippen LogP contribution in [0.2, 0.25) is 0 Å². The lowest BCUT2D eigenvalue weighted by Crippen LogP contribution is -2.38. The highest BCUT2D eigenvalue weighted by atomic mass is 79.9. The number of thioether (sulfide) groups is 1. The lowest BCUT2D eigenvalue weighted by atomic mass is 10.1. The number of halogens is 1. The zero-order valence-corrected chi connectivity index (χ0v) is 12.2. The number of hydrogen-bond acceptors (Lipinski definition) is 2. The van der Waals surface area contributed by atoms with Gasteiger partial charge in [-0.25, -0.2) is 0 Å². The second-order valence-corrected chi connectivity index (χ2v) is 7.47. The van der Waals surface area contributed by atoms with Crippen LogP contribution in [-0.2, 0) is 4.79 Å². The maximum Gasteiger partial charge on any atom is 0.236 e. The fourth-order valence-corrected chi connectivity index (χ4v) is 3.00. The number of rotatable bonds is 2. The zero-order valence-electron chi connectivity index (χ0n) is 9.75. The molecule has 1 heterocycles. The molecule has 0 spiro atoms. The second-order valence-electron chi connectivity index (χ2n) is 4.56. The van der Waals surface area contributed by atoms with Gasteiger partial charge in [0.05, 0.1) is 4.83 Å². The van der Waals surface area contributed by atoms with Crippen molar-refractivity contribution in [1.29, 1.82) is 0 Å². The minimum Gasteiger partial charge on any atom is -0.341 e. The molecular weight excluding hydrogens is 274 g/mol. The predicted molar refractivity (Wildman–Crippen MR) is 70.7 cm³/mol. The van der Waals surface area contributed by atoms with Gasteiger partial charge in [-0.05, 0) is 12.8 Å². The predicted octanol–water partition coefficient (Wildman–Crippen LogP) is 2.90. The Labute approximate surface area is 105 Å². The Balaban J connectivity index is 2.54. The quantitative estimate of drug-likeness (QED) is 0.730. The minimum absolute atomic E-state index is 0.00344. The first-order chi connectivity index (χ1) is 6.96. The van der Waals surface area contributed by atoms with E-state index in [0.29, 0.717) is 4.75 Å². The number of carbonyl (C=O) groups excluding carboxylic acids is 1. The van der Waals surface area contributed by atoms with E-state index in [2.05, 4.69) is 29.8 Å². The Hall–Kier alpha value is 0.300. The molecule has 2 nitrogen and oxygen atoms in total. The van der Waals surface area contributed by atoms with Crippen LogP contribution in [0.4, 0.5) is 0 Å². The van der Waals surface area contributed by atoms with Crippen molar-refractivity contribution in [2.24, 2.45) is 0 Å². The van der Waals surface area contributed by atoms with Gasteiger partial charge >= 0.3 is 0 Å². The van der Waals surface area contributed by atoms with Gasteiger partial charge in [-0.3, -0.25) is 4.79 Å². The van der Waals surface area contributed by atoms with Gasteiger partial charge in [0.2, 0.25) is 5.91 Å². The van der Waals surface area contributed by atoms with Crippen LogP contribution in [0.3, 0.4) is 0 Å². The Morgan fingerprint density at radius 1 is 1.53 bits per heavy atom. The highest BCUT2D eigenvalue weighted by Crippen LogP contribution is 2.31. The standard InChI is InChI=1S/C11H20BrNOS/c1-4-9(12)10(14)13-6-5-11(2,3)15-8-7-13/h9H,4-8H2,1-3H3. The molecule has 0 bridgehead atoms. The van der Waals surface area contributed by atoms with Crippen molar-refractivity contribution >= 4 is 33.6 Å². The monoisotopic (exact) mass is 293 g/mol. The molecule has 1 aliphatic rings. The van der Waals surface area contributed by atoms with Crippen molar-refractivity contribution in [3.05, 3.63) is 0 Å². The van der Waals surface area contributed by atoms with E-state index in [4.69, 9.17) is 0 Å². The highest BCUT2D eigenvalue weighted by molar-refractivity contribution is 9.10. The van der Waals surface area contributed by atoms with Crippen molar-refractivity contribution in [3.8, 4) is 0 Å². The lowest BCUT2D eigenvalue weighted by molar-refractivity contribution is -0.130. The van der Waals surface area contributed by atoms with Crippen LogP contribution in [0, 0.1) is 0 Å². The largest absolute Gasteiger partial charge is 0.341 e. The molecule has 4 heteroatoms. The van der Waals surface area contributed by atoms with Crippen molar-refractivity contribution in [1.82, 2.24) is 4.90 Å². The maximum atomic E-state index is 12.0. The SMILES string of the molecule is CCC(Br)C(=O)N1CCSC(C)(C)CC1. The smallest absolute Gasteiger partial charge is 0.236 e. The Morgan fingerprint density at radius 3 is 2.80 bits per heavy atom. The minimum atomic E-state index is 0.00344. The fourth-order valence-electron chi connectivity index (χ4n) is 1.61. The number of carbonyl (C=O) groups is 1. The van der Waals surface area contributed by atoms with Crippen LogP contribution in [0.5, 0.6) is 0 Å². The molecule has 0 saturated carbocycles. The van der Waals surface area contributed by atoms with E-state index in [1.54, 1.807) is 0 Å². The van der Waals surface area contributed by atoms with E-state index in [1.807, 2.05) is 23.6 Å². The van der Waals surface area contributed by atoms with E-state index in [-0.39, 0.29) is 10.7 Å². The topological polar surface area (TPSA) is 20.3 Å². The summed E-state index contributed by atoms with van der Waals surface area (Å²) >= 11 is 5.41. The molecule has 1 saturated heterocycles. The number of nitrogens with zero attached hydrogens (tertiary/aromatic N) is 1. The fraction of sp³-hybridized carbons (Fsp3) is 0.909. The first kappa shape index (κ1) is 13.4. The summed E-state index contributed by atoms with van der Waals surface area (Å²) < 4.78 is 0.322. The van der Waals surface area contributed by atoms with Gasteiger partial charge in [-0.2, -0.15) is 11.8 Å². The molecular formula is C11H20BrNOS. The maximum absolute atomic E-state index is 12.0. The van der Waals surface area contributed by atoms with Gasteiger partial charge in [0, 0.05) is 23.6 Å². The van der Waals surface area contributed by atoms with Crippen molar-refractivity contribution in [2.45, 2.75) is 43.2 Å². The summed E-state index contributed by atoms with van der Waals surface area (Å²) in [7, 11) is 0. The summed E-state index contributed by atoms with van der Waals surface area (Å²) in [6.45, 7) is 8.36. The van der Waals surface area contributed by atoms with Gasteiger partial charge in [-0.15, -0.1) is 0 Å². The summed E-state index contributed by atoms with van der Waals surface area (Å²) in [5.74, 6) is 1.32. The molecule has 0 aromatic rings. The Kier molecular flexibility index (Phi) is 4.97. The molecule has 0 radical (unpaired) electrons. The van der Waals surface area contributed by atoms with Crippen LogP contribution in [0.25, 0.3) is 0 Å². The van der Waals surface area contributed by atoms with Gasteiger partial charge in [0.25, 0.3) is 0 Å². The van der Waals surface area contributed by atoms with Crippen LogP contribution in [-0.4, -0.2) is 39.2 Å². The Morgan fingerprint density at radius 2 is 2.20 bits per heavy atom. The van der Waals surface area contributed by atoms with Gasteiger partial charge in [-0.1, -0.05) is 36.7 Å². The molecule has 0 aromatic carbocycles. The summed E-state index contributed by atoms with van der Waals surface area (Å²) in [6.07, 6.45) is 1.96. The molecule has 1 rings (SSSR count). The van der Waals surface area contributed by atoms with Crippen molar-refractivity contribution < 1.29 is 4.79 Å². The molecule has 1 unspecified atom stereocenters. The molecule has 0 aromatic heterocycles. The third kappa shape index (κ3) is 3.99. The normalized spacial score (nSPS) is 23.3. The molecule has 1 amide bonds. The number of amides is 1. The van der Waals surface area contributed by atoms with Gasteiger partial charge in [0.1, 0.15) is 0 Å². The van der Waals surface area contributed by atoms with E-state index < -0.39 is 0 Å². The first-order valence-corrected chi connectivity index (χ1v) is 7.43. The summed E-state index contributed by atoms with van der Waals surface area (Å²) in [5.41, 5.74) is 0. The molecule has 1 fully saturated rings. The average Bonchev–Trinajstić information content (AvgIpc) is 2.37. The van der Waals surface area contributed by atoms with Crippen LogP contribution in [0.1, 0.15) is 33.6 Å². The van der Waals surface area contributed by atoms with Crippen molar-refractivity contribution in [2.75, 3.05) is 18.8 Å². The van der Waals surface area contributed by atoms with E-state index in [9.17, 15) is 4.79 Å². The second kappa shape index (κ2) is 5.58. The number of alkyl halides is 1. The summed E-state index contributed by atoms with van der Waals surface area (Å²) in [4.78, 5) is 14.0. The molecule has 1 aliphatic heterocycles. The highest BCUT2D eigenvalue weighted by Gasteiger charge is 2.27. The van der Waals surface area contributed by atoms with E-state index in [1.165, 1.54) is 0 Å². The molecule has 0 N–H and O–H groups in total. The Bertz CT molecular complexity index is 233. The molecule has 15 heavy (non-hydrogen) atoms. The van der Waals surface area contributed by atoms with E-state index >= 15 is 0 Å². The first-order valence-electron chi connectivity index (χ1n) is 5.53. The summed E-state index contributed by atoms with van der Waals surface area (Å²) in [6, 6.07) is 0. The van der Waals surface area contributed by atoms with Crippen LogP contribution >= 0.6 is 27.7 Å². The van der Waals surface area contributed by atoms with Crippen LogP contribution < -0.4 is 0 Å². The van der Waals surface area contributed by atoms with Gasteiger partial charge < -0.3 is 4.90 Å².